The molecule has 13 nitrogen and oxygen atoms in total. The second kappa shape index (κ2) is 13.4. The average Bonchev–Trinajstić information content (AvgIpc) is 3.48. The van der Waals surface area contributed by atoms with Crippen LogP contribution in [0.1, 0.15) is 92.4 Å². The molecule has 0 bridgehead atoms. The van der Waals surface area contributed by atoms with E-state index < -0.39 is 79.4 Å². The standard InChI is InChI=1S/C39H62O13/c1-18-8-13-38(47-17-18)20(3)39(46)27(52-38)15-25-23-7-6-21-14-22(9-11-36(21,4)24(23)10-12-37(25,39)5)49-35-33(31(44)29(42)26(16-40)50-35)51-34-32(45)30(43)28(41)19(2)48-34/h6,18-20,22-35,40-46H,7-17H2,1-5H3/t18-,19+,20-,22+,23-,24+,25+,26-,27+,28+,29-,30-,31+,32-,33-,34-,35-,36+,37+,38-,39-/m1/s1. The summed E-state index contributed by atoms with van der Waals surface area (Å²) < 4.78 is 37.3. The highest BCUT2D eigenvalue weighted by molar-refractivity contribution is 5.29. The number of hydrogen-bond donors (Lipinski definition) is 7. The van der Waals surface area contributed by atoms with Crippen LogP contribution in [0.15, 0.2) is 11.6 Å². The third-order valence-corrected chi connectivity index (χ3v) is 15.8. The smallest absolute Gasteiger partial charge is 0.187 e. The fourth-order valence-corrected chi connectivity index (χ4v) is 12.5. The summed E-state index contributed by atoms with van der Waals surface area (Å²) in [6.07, 6.45) is -3.83. The van der Waals surface area contributed by atoms with Gasteiger partial charge in [-0.1, -0.05) is 39.3 Å². The Morgan fingerprint density at radius 2 is 1.60 bits per heavy atom. The first-order valence-corrected chi connectivity index (χ1v) is 19.9. The molecular weight excluding hydrogens is 676 g/mol. The highest BCUT2D eigenvalue weighted by Gasteiger charge is 2.76. The maximum atomic E-state index is 12.7. The predicted octanol–water partition coefficient (Wildman–Crippen LogP) is 1.50. The summed E-state index contributed by atoms with van der Waals surface area (Å²) in [5.74, 6) is 0.929. The summed E-state index contributed by atoms with van der Waals surface area (Å²) in [6.45, 7) is 10.7. The van der Waals surface area contributed by atoms with Crippen LogP contribution < -0.4 is 0 Å². The average molecular weight is 739 g/mol. The van der Waals surface area contributed by atoms with E-state index in [1.807, 2.05) is 0 Å². The summed E-state index contributed by atoms with van der Waals surface area (Å²) in [5.41, 5.74) is 0.0981. The fraction of sp³-hybridized carbons (Fsp3) is 0.949. The molecule has 52 heavy (non-hydrogen) atoms. The molecule has 0 aromatic carbocycles. The van der Waals surface area contributed by atoms with Gasteiger partial charge in [-0.25, -0.2) is 0 Å². The molecular formula is C39H62O13. The molecule has 3 saturated carbocycles. The number of aliphatic hydroxyl groups is 7. The third-order valence-electron chi connectivity index (χ3n) is 15.8. The van der Waals surface area contributed by atoms with E-state index in [1.54, 1.807) is 0 Å². The van der Waals surface area contributed by atoms with Crippen molar-refractivity contribution < 1.29 is 64.2 Å². The molecule has 13 heteroatoms. The first-order valence-electron chi connectivity index (χ1n) is 19.9. The van der Waals surface area contributed by atoms with E-state index in [2.05, 4.69) is 33.8 Å². The predicted molar refractivity (Wildman–Crippen MR) is 183 cm³/mol. The lowest BCUT2D eigenvalue weighted by Gasteiger charge is -2.60. The zero-order chi connectivity index (χ0) is 37.1. The van der Waals surface area contributed by atoms with Crippen molar-refractivity contribution in [1.82, 2.24) is 0 Å². The van der Waals surface area contributed by atoms with E-state index in [0.29, 0.717) is 43.1 Å². The van der Waals surface area contributed by atoms with Gasteiger partial charge in [0.1, 0.15) is 48.3 Å². The molecule has 296 valence electrons. The molecule has 7 fully saturated rings. The van der Waals surface area contributed by atoms with E-state index in [-0.39, 0.29) is 29.0 Å². The summed E-state index contributed by atoms with van der Waals surface area (Å²) in [6, 6.07) is 0. The fourth-order valence-electron chi connectivity index (χ4n) is 12.5. The highest BCUT2D eigenvalue weighted by atomic mass is 16.8. The van der Waals surface area contributed by atoms with Crippen molar-refractivity contribution in [2.75, 3.05) is 13.2 Å². The molecule has 4 heterocycles. The Kier molecular flexibility index (Phi) is 9.83. The van der Waals surface area contributed by atoms with Gasteiger partial charge in [-0.05, 0) is 87.4 Å². The van der Waals surface area contributed by atoms with Crippen molar-refractivity contribution in [3.05, 3.63) is 11.6 Å². The van der Waals surface area contributed by atoms with Gasteiger partial charge >= 0.3 is 0 Å². The van der Waals surface area contributed by atoms with E-state index >= 15 is 0 Å². The second-order valence-electron chi connectivity index (χ2n) is 18.4. The van der Waals surface area contributed by atoms with E-state index in [9.17, 15) is 35.7 Å². The normalized spacial score (nSPS) is 58.9. The number of rotatable bonds is 5. The van der Waals surface area contributed by atoms with Crippen molar-refractivity contribution in [3.63, 3.8) is 0 Å². The number of ether oxygens (including phenoxy) is 6. The number of fused-ring (bicyclic) bond motifs is 7. The minimum Gasteiger partial charge on any atom is -0.394 e. The van der Waals surface area contributed by atoms with Crippen LogP contribution >= 0.6 is 0 Å². The van der Waals surface area contributed by atoms with Crippen molar-refractivity contribution in [3.8, 4) is 0 Å². The third kappa shape index (κ3) is 5.50. The van der Waals surface area contributed by atoms with Crippen molar-refractivity contribution in [2.24, 2.45) is 40.4 Å². The summed E-state index contributed by atoms with van der Waals surface area (Å²) in [4.78, 5) is 0. The Balaban J connectivity index is 0.977. The lowest BCUT2D eigenvalue weighted by Crippen LogP contribution is -2.64. The van der Waals surface area contributed by atoms with E-state index in [0.717, 1.165) is 44.9 Å². The molecule has 4 aliphatic heterocycles. The second-order valence-corrected chi connectivity index (χ2v) is 18.4. The largest absolute Gasteiger partial charge is 0.394 e. The van der Waals surface area contributed by atoms with E-state index in [4.69, 9.17) is 28.4 Å². The van der Waals surface area contributed by atoms with Gasteiger partial charge in [0, 0.05) is 17.8 Å². The minimum atomic E-state index is -1.62. The zero-order valence-corrected chi connectivity index (χ0v) is 31.3. The van der Waals surface area contributed by atoms with Crippen LogP contribution in [-0.4, -0.2) is 134 Å². The monoisotopic (exact) mass is 738 g/mol. The SMILES string of the molecule is C[C@@H]1CC[C@@]2(OC1)O[C@H]1C[C@H]3[C@@H]4CC=C5C[C@@H](O[C@@H]6O[C@H](CO)[C@@H](O)[C@H](O)[C@H]6O[C@H]6O[C@@H](C)[C@H](O)[C@@H](O)[C@H]6O)CC[C@]5(C)[C@H]4CC[C@]3(C)[C@@]1(O)[C@@H]2C. The lowest BCUT2D eigenvalue weighted by molar-refractivity contribution is -0.369. The first kappa shape index (κ1) is 38.1. The van der Waals surface area contributed by atoms with Crippen LogP contribution in [0, 0.1) is 40.4 Å². The molecule has 8 aliphatic rings. The minimum absolute atomic E-state index is 0.0411. The van der Waals surface area contributed by atoms with Gasteiger partial charge in [-0.2, -0.15) is 0 Å². The molecule has 4 aliphatic carbocycles. The van der Waals surface area contributed by atoms with Crippen LogP contribution in [0.25, 0.3) is 0 Å². The number of aliphatic hydroxyl groups excluding tert-OH is 6. The summed E-state index contributed by atoms with van der Waals surface area (Å²) >= 11 is 0. The van der Waals surface area contributed by atoms with Crippen LogP contribution in [0.4, 0.5) is 0 Å². The summed E-state index contributed by atoms with van der Waals surface area (Å²) in [7, 11) is 0. The van der Waals surface area contributed by atoms with Crippen LogP contribution in [0.5, 0.6) is 0 Å². The van der Waals surface area contributed by atoms with Crippen LogP contribution in [0.3, 0.4) is 0 Å². The van der Waals surface area contributed by atoms with E-state index in [1.165, 1.54) is 12.5 Å². The van der Waals surface area contributed by atoms with Gasteiger partial charge in [-0.3, -0.25) is 0 Å². The molecule has 0 amide bonds. The molecule has 8 rings (SSSR count). The van der Waals surface area contributed by atoms with Crippen molar-refractivity contribution >= 4 is 0 Å². The molecule has 0 radical (unpaired) electrons. The molecule has 21 atom stereocenters. The molecule has 0 unspecified atom stereocenters. The van der Waals surface area contributed by atoms with Gasteiger partial charge in [0.25, 0.3) is 0 Å². The van der Waals surface area contributed by atoms with Gasteiger partial charge in [0.15, 0.2) is 18.4 Å². The Labute approximate surface area is 306 Å². The van der Waals surface area contributed by atoms with Gasteiger partial charge in [0.05, 0.1) is 31.5 Å². The maximum absolute atomic E-state index is 12.7. The Hall–Kier alpha value is -0.780. The highest BCUT2D eigenvalue weighted by Crippen LogP contribution is 2.72. The Bertz CT molecular complexity index is 1350. The molecule has 4 saturated heterocycles. The first-order chi connectivity index (χ1) is 24.6. The van der Waals surface area contributed by atoms with Gasteiger partial charge in [-0.15, -0.1) is 0 Å². The van der Waals surface area contributed by atoms with Crippen molar-refractivity contribution in [1.29, 1.82) is 0 Å². The number of hydrogen-bond acceptors (Lipinski definition) is 13. The zero-order valence-electron chi connectivity index (χ0n) is 31.3. The summed E-state index contributed by atoms with van der Waals surface area (Å²) in [5, 5.41) is 75.6. The quantitative estimate of drug-likeness (QED) is 0.201. The molecule has 7 N–H and O–H groups in total. The van der Waals surface area contributed by atoms with Crippen molar-refractivity contribution in [2.45, 2.75) is 177 Å². The molecule has 0 aromatic rings. The van der Waals surface area contributed by atoms with Gasteiger partial charge < -0.3 is 64.2 Å². The Morgan fingerprint density at radius 3 is 2.31 bits per heavy atom. The maximum Gasteiger partial charge on any atom is 0.187 e. The van der Waals surface area contributed by atoms with Crippen LogP contribution in [0.2, 0.25) is 0 Å². The molecule has 0 aromatic heterocycles. The Morgan fingerprint density at radius 1 is 0.827 bits per heavy atom. The molecule has 1 spiro atoms. The van der Waals surface area contributed by atoms with Gasteiger partial charge in [0.2, 0.25) is 0 Å². The lowest BCUT2D eigenvalue weighted by atomic mass is 9.46. The van der Waals surface area contributed by atoms with Crippen LogP contribution in [-0.2, 0) is 28.4 Å². The number of allylic oxidation sites excluding steroid dienone is 1. The topological polar surface area (TPSA) is 197 Å².